The maximum Gasteiger partial charge on any atom is 0.313 e. The van der Waals surface area contributed by atoms with Crippen LogP contribution in [0.1, 0.15) is 64.2 Å². The minimum Gasteiger partial charge on any atom is -0.497 e. The summed E-state index contributed by atoms with van der Waals surface area (Å²) in [5, 5.41) is 0. The molecule has 0 N–H and O–H groups in total. The fourth-order valence-corrected chi connectivity index (χ4v) is 5.85. The molecule has 0 aromatic rings. The van der Waals surface area contributed by atoms with Crippen molar-refractivity contribution in [3.8, 4) is 0 Å². The van der Waals surface area contributed by atoms with Crippen molar-refractivity contribution in [3.05, 3.63) is 35.0 Å². The summed E-state index contributed by atoms with van der Waals surface area (Å²) in [5.41, 5.74) is 1.57. The molecular formula is C24H35NO4. The molecule has 0 bridgehead atoms. The Kier molecular flexibility index (Phi) is 6.05. The third kappa shape index (κ3) is 3.86. The number of hydrogen-bond acceptors (Lipinski definition) is 5. The van der Waals surface area contributed by atoms with E-state index < -0.39 is 0 Å². The summed E-state index contributed by atoms with van der Waals surface area (Å²) in [6.07, 6.45) is 14.9. The molecule has 2 fully saturated rings. The number of methoxy groups -OCH3 is 2. The van der Waals surface area contributed by atoms with E-state index in [4.69, 9.17) is 14.2 Å². The summed E-state index contributed by atoms with van der Waals surface area (Å²) in [5.74, 6) is 2.77. The molecule has 1 aliphatic heterocycles. The molecule has 0 radical (unpaired) electrons. The van der Waals surface area contributed by atoms with E-state index >= 15 is 0 Å². The zero-order chi connectivity index (χ0) is 20.4. The highest BCUT2D eigenvalue weighted by atomic mass is 16.5. The van der Waals surface area contributed by atoms with Gasteiger partial charge in [0.15, 0.2) is 5.76 Å². The standard InChI is InChI=1S/C24H35NO4/c1-25-14-13-24(18-9-10-20(27-2)21(15-18)28-3)12-11-19(16-22(24)25)29-23(26)17-7-5-4-6-8-17/h15-17,22H,4-14H2,1-3H3/t22-,24-/m0/s1. The summed E-state index contributed by atoms with van der Waals surface area (Å²) in [6.45, 7) is 1.06. The topological polar surface area (TPSA) is 48.0 Å². The van der Waals surface area contributed by atoms with Gasteiger partial charge in [0.1, 0.15) is 11.5 Å². The Balaban J connectivity index is 1.55. The SMILES string of the molecule is COC1=C(OC)CCC([C@@]23CCC(OC(=O)C4CCCCC4)=C[C@@H]2N(C)CC3)=C1. The molecule has 1 heterocycles. The Morgan fingerprint density at radius 3 is 2.59 bits per heavy atom. The third-order valence-electron chi connectivity index (χ3n) is 7.59. The van der Waals surface area contributed by atoms with Crippen LogP contribution < -0.4 is 0 Å². The molecule has 3 aliphatic carbocycles. The van der Waals surface area contributed by atoms with Gasteiger partial charge in [-0.05, 0) is 57.8 Å². The third-order valence-corrected chi connectivity index (χ3v) is 7.59. The summed E-state index contributed by atoms with van der Waals surface area (Å²) in [7, 11) is 5.62. The largest absolute Gasteiger partial charge is 0.497 e. The van der Waals surface area contributed by atoms with Gasteiger partial charge in [-0.3, -0.25) is 9.69 Å². The number of fused-ring (bicyclic) bond motifs is 1. The second-order valence-electron chi connectivity index (χ2n) is 9.09. The van der Waals surface area contributed by atoms with Gasteiger partial charge in [-0.15, -0.1) is 0 Å². The molecule has 5 heteroatoms. The number of esters is 1. The number of hydrogen-bond donors (Lipinski definition) is 0. The van der Waals surface area contributed by atoms with Crippen LogP contribution in [0.3, 0.4) is 0 Å². The fourth-order valence-electron chi connectivity index (χ4n) is 5.85. The minimum absolute atomic E-state index is 0.00433. The van der Waals surface area contributed by atoms with E-state index in [2.05, 4.69) is 24.1 Å². The second-order valence-corrected chi connectivity index (χ2v) is 9.09. The zero-order valence-electron chi connectivity index (χ0n) is 18.2. The van der Waals surface area contributed by atoms with Gasteiger partial charge in [0.25, 0.3) is 0 Å². The van der Waals surface area contributed by atoms with Crippen molar-refractivity contribution >= 4 is 5.97 Å². The summed E-state index contributed by atoms with van der Waals surface area (Å²) in [4.78, 5) is 15.1. The van der Waals surface area contributed by atoms with E-state index in [1.165, 1.54) is 12.0 Å². The molecule has 0 aromatic carbocycles. The number of carbonyl (C=O) groups is 1. The quantitative estimate of drug-likeness (QED) is 0.625. The first-order valence-corrected chi connectivity index (χ1v) is 11.2. The first-order valence-electron chi connectivity index (χ1n) is 11.2. The van der Waals surface area contributed by atoms with Gasteiger partial charge in [0.05, 0.1) is 20.1 Å². The van der Waals surface area contributed by atoms with Crippen LogP contribution in [0.15, 0.2) is 35.0 Å². The molecule has 0 spiro atoms. The van der Waals surface area contributed by atoms with Crippen LogP contribution in [0.2, 0.25) is 0 Å². The van der Waals surface area contributed by atoms with E-state index in [1.54, 1.807) is 14.2 Å². The van der Waals surface area contributed by atoms with E-state index in [-0.39, 0.29) is 23.3 Å². The van der Waals surface area contributed by atoms with E-state index in [0.29, 0.717) is 0 Å². The van der Waals surface area contributed by atoms with Crippen molar-refractivity contribution in [2.45, 2.75) is 70.3 Å². The second kappa shape index (κ2) is 8.55. The first-order chi connectivity index (χ1) is 14.1. The fraction of sp³-hybridized carbons (Fsp3) is 0.708. The number of ether oxygens (including phenoxy) is 3. The number of nitrogens with zero attached hydrogens (tertiary/aromatic N) is 1. The van der Waals surface area contributed by atoms with E-state index in [0.717, 1.165) is 81.6 Å². The van der Waals surface area contributed by atoms with Gasteiger partial charge in [0.2, 0.25) is 0 Å². The Hall–Kier alpha value is -1.75. The van der Waals surface area contributed by atoms with Crippen LogP contribution in [0, 0.1) is 11.3 Å². The van der Waals surface area contributed by atoms with Crippen LogP contribution in [0.5, 0.6) is 0 Å². The lowest BCUT2D eigenvalue weighted by Gasteiger charge is -2.42. The lowest BCUT2D eigenvalue weighted by Crippen LogP contribution is -2.41. The molecule has 29 heavy (non-hydrogen) atoms. The summed E-state index contributed by atoms with van der Waals surface area (Å²) < 4.78 is 17.0. The number of allylic oxidation sites excluding steroid dienone is 3. The molecule has 2 atom stereocenters. The van der Waals surface area contributed by atoms with E-state index in [1.807, 2.05) is 0 Å². The average molecular weight is 402 g/mol. The highest BCUT2D eigenvalue weighted by Gasteiger charge is 2.50. The van der Waals surface area contributed by atoms with Crippen molar-refractivity contribution in [1.29, 1.82) is 0 Å². The highest BCUT2D eigenvalue weighted by Crippen LogP contribution is 2.53. The minimum atomic E-state index is -0.00433. The van der Waals surface area contributed by atoms with Crippen LogP contribution in [-0.4, -0.2) is 44.7 Å². The van der Waals surface area contributed by atoms with Crippen molar-refractivity contribution in [2.75, 3.05) is 27.8 Å². The van der Waals surface area contributed by atoms with Gasteiger partial charge < -0.3 is 14.2 Å². The lowest BCUT2D eigenvalue weighted by molar-refractivity contribution is -0.145. The highest BCUT2D eigenvalue weighted by molar-refractivity contribution is 5.73. The summed E-state index contributed by atoms with van der Waals surface area (Å²) in [6, 6.07) is 0.277. The Bertz CT molecular complexity index is 731. The molecule has 0 amide bonds. The van der Waals surface area contributed by atoms with Crippen LogP contribution in [0.25, 0.3) is 0 Å². The maximum atomic E-state index is 12.6. The normalized spacial score (nSPS) is 31.1. The molecule has 160 valence electrons. The van der Waals surface area contributed by atoms with Gasteiger partial charge >= 0.3 is 5.97 Å². The Labute approximate surface area is 174 Å². The Morgan fingerprint density at radius 2 is 1.86 bits per heavy atom. The molecular weight excluding hydrogens is 366 g/mol. The van der Waals surface area contributed by atoms with Gasteiger partial charge in [0, 0.05) is 24.3 Å². The lowest BCUT2D eigenvalue weighted by atomic mass is 9.65. The maximum absolute atomic E-state index is 12.6. The van der Waals surface area contributed by atoms with Crippen molar-refractivity contribution in [3.63, 3.8) is 0 Å². The molecule has 1 saturated heterocycles. The molecule has 1 saturated carbocycles. The predicted octanol–water partition coefficient (Wildman–Crippen LogP) is 4.70. The van der Waals surface area contributed by atoms with Crippen LogP contribution >= 0.6 is 0 Å². The smallest absolute Gasteiger partial charge is 0.313 e. The first kappa shape index (κ1) is 20.5. The number of rotatable bonds is 5. The molecule has 0 aromatic heterocycles. The molecule has 0 unspecified atom stereocenters. The Morgan fingerprint density at radius 1 is 1.07 bits per heavy atom. The van der Waals surface area contributed by atoms with Crippen molar-refractivity contribution < 1.29 is 19.0 Å². The van der Waals surface area contributed by atoms with Gasteiger partial charge in [-0.25, -0.2) is 0 Å². The van der Waals surface area contributed by atoms with Crippen molar-refractivity contribution in [1.82, 2.24) is 4.90 Å². The number of carbonyl (C=O) groups excluding carboxylic acids is 1. The number of likely N-dealkylation sites (N-methyl/N-ethyl adjacent to an activating group) is 1. The molecule has 4 aliphatic rings. The molecule has 4 rings (SSSR count). The van der Waals surface area contributed by atoms with E-state index in [9.17, 15) is 4.79 Å². The molecule has 5 nitrogen and oxygen atoms in total. The van der Waals surface area contributed by atoms with Gasteiger partial charge in [-0.2, -0.15) is 0 Å². The van der Waals surface area contributed by atoms with Crippen LogP contribution in [0.4, 0.5) is 0 Å². The average Bonchev–Trinajstić information content (AvgIpc) is 3.11. The van der Waals surface area contributed by atoms with Gasteiger partial charge in [-0.1, -0.05) is 24.8 Å². The zero-order valence-corrected chi connectivity index (χ0v) is 18.2. The number of likely N-dealkylation sites (tertiary alicyclic amines) is 1. The monoisotopic (exact) mass is 401 g/mol. The van der Waals surface area contributed by atoms with Crippen LogP contribution in [-0.2, 0) is 19.0 Å². The van der Waals surface area contributed by atoms with Crippen molar-refractivity contribution in [2.24, 2.45) is 11.3 Å². The summed E-state index contributed by atoms with van der Waals surface area (Å²) >= 11 is 0. The predicted molar refractivity (Wildman–Crippen MR) is 112 cm³/mol.